The number of rotatable bonds is 4. The normalized spacial score (nSPS) is 10.9. The van der Waals surface area contributed by atoms with E-state index >= 15 is 0 Å². The van der Waals surface area contributed by atoms with Crippen molar-refractivity contribution in [1.29, 1.82) is 0 Å². The third-order valence-electron chi connectivity index (χ3n) is 2.70. The number of oxazole rings is 2. The molecule has 0 radical (unpaired) electrons. The van der Waals surface area contributed by atoms with Crippen LogP contribution in [0.25, 0.3) is 0 Å². The summed E-state index contributed by atoms with van der Waals surface area (Å²) in [5, 5.41) is 0. The van der Waals surface area contributed by atoms with Crippen LogP contribution in [0.1, 0.15) is 36.5 Å². The minimum Gasteiger partial charge on any atom is -0.425 e. The zero-order valence-corrected chi connectivity index (χ0v) is 11.6. The van der Waals surface area contributed by atoms with Crippen LogP contribution in [0.4, 0.5) is 11.8 Å². The monoisotopic (exact) mass is 249 g/mol. The minimum absolute atomic E-state index is 0.664. The standard InChI is InChI=1S/C13H19N3O2/c1-6-7-16(12-8(2)14-10(4)17-12)13-9(3)15-11(5)18-13/h6-7H2,1-5H3. The summed E-state index contributed by atoms with van der Waals surface area (Å²) >= 11 is 0. The highest BCUT2D eigenvalue weighted by Gasteiger charge is 2.22. The highest BCUT2D eigenvalue weighted by atomic mass is 16.4. The molecular formula is C13H19N3O2. The van der Waals surface area contributed by atoms with Crippen molar-refractivity contribution in [3.63, 3.8) is 0 Å². The van der Waals surface area contributed by atoms with Crippen LogP contribution in [-0.4, -0.2) is 16.5 Å². The molecule has 0 bridgehead atoms. The summed E-state index contributed by atoms with van der Waals surface area (Å²) in [7, 11) is 0. The fourth-order valence-corrected chi connectivity index (χ4v) is 2.06. The van der Waals surface area contributed by atoms with Crippen LogP contribution in [0.3, 0.4) is 0 Å². The van der Waals surface area contributed by atoms with Gasteiger partial charge in [0.05, 0.1) is 0 Å². The van der Waals surface area contributed by atoms with E-state index < -0.39 is 0 Å². The molecule has 0 aliphatic rings. The van der Waals surface area contributed by atoms with Gasteiger partial charge in [-0.3, -0.25) is 4.90 Å². The molecule has 5 nitrogen and oxygen atoms in total. The molecule has 0 aliphatic carbocycles. The average molecular weight is 249 g/mol. The summed E-state index contributed by atoms with van der Waals surface area (Å²) in [5.74, 6) is 2.82. The third kappa shape index (κ3) is 2.25. The maximum Gasteiger partial charge on any atom is 0.226 e. The van der Waals surface area contributed by atoms with E-state index in [4.69, 9.17) is 8.83 Å². The lowest BCUT2D eigenvalue weighted by molar-refractivity contribution is 0.484. The van der Waals surface area contributed by atoms with Crippen molar-refractivity contribution in [2.45, 2.75) is 41.0 Å². The predicted molar refractivity (Wildman–Crippen MR) is 69.3 cm³/mol. The topological polar surface area (TPSA) is 55.3 Å². The van der Waals surface area contributed by atoms with Gasteiger partial charge in [0, 0.05) is 20.4 Å². The molecular weight excluding hydrogens is 230 g/mol. The Balaban J connectivity index is 2.46. The van der Waals surface area contributed by atoms with Gasteiger partial charge >= 0.3 is 0 Å². The Morgan fingerprint density at radius 3 is 1.61 bits per heavy atom. The smallest absolute Gasteiger partial charge is 0.226 e. The molecule has 0 aromatic carbocycles. The van der Waals surface area contributed by atoms with Gasteiger partial charge in [0.25, 0.3) is 0 Å². The molecule has 2 rings (SSSR count). The zero-order chi connectivity index (χ0) is 13.3. The van der Waals surface area contributed by atoms with Gasteiger partial charge in [-0.1, -0.05) is 6.92 Å². The lowest BCUT2D eigenvalue weighted by atomic mass is 10.3. The first-order valence-corrected chi connectivity index (χ1v) is 6.18. The summed E-state index contributed by atoms with van der Waals surface area (Å²) in [4.78, 5) is 10.6. The number of hydrogen-bond acceptors (Lipinski definition) is 5. The van der Waals surface area contributed by atoms with Crippen molar-refractivity contribution in [2.24, 2.45) is 0 Å². The van der Waals surface area contributed by atoms with Crippen molar-refractivity contribution in [2.75, 3.05) is 11.4 Å². The van der Waals surface area contributed by atoms with Gasteiger partial charge in [0.2, 0.25) is 11.8 Å². The first-order chi connectivity index (χ1) is 8.52. The van der Waals surface area contributed by atoms with E-state index in [1.807, 2.05) is 32.6 Å². The van der Waals surface area contributed by atoms with Crippen molar-refractivity contribution in [3.8, 4) is 0 Å². The maximum absolute atomic E-state index is 5.67. The lowest BCUT2D eigenvalue weighted by Gasteiger charge is -2.18. The third-order valence-corrected chi connectivity index (χ3v) is 2.70. The number of hydrogen-bond donors (Lipinski definition) is 0. The quantitative estimate of drug-likeness (QED) is 0.830. The highest BCUT2D eigenvalue weighted by Crippen LogP contribution is 2.32. The van der Waals surface area contributed by atoms with Gasteiger partial charge in [-0.15, -0.1) is 0 Å². The highest BCUT2D eigenvalue weighted by molar-refractivity contribution is 5.57. The van der Waals surface area contributed by atoms with Gasteiger partial charge in [0.15, 0.2) is 11.8 Å². The van der Waals surface area contributed by atoms with Gasteiger partial charge in [0.1, 0.15) is 11.4 Å². The molecule has 2 aromatic rings. The van der Waals surface area contributed by atoms with E-state index in [2.05, 4.69) is 16.9 Å². The molecule has 0 N–H and O–H groups in total. The molecule has 0 amide bonds. The molecule has 2 heterocycles. The number of anilines is 2. The Bertz CT molecular complexity index is 496. The zero-order valence-electron chi connectivity index (χ0n) is 11.6. The molecule has 0 fully saturated rings. The molecule has 98 valence electrons. The van der Waals surface area contributed by atoms with Crippen molar-refractivity contribution in [1.82, 2.24) is 9.97 Å². The van der Waals surface area contributed by atoms with Crippen LogP contribution < -0.4 is 4.90 Å². The Hall–Kier alpha value is -1.78. The molecule has 0 saturated heterocycles. The van der Waals surface area contributed by atoms with Gasteiger partial charge in [-0.05, 0) is 20.3 Å². The summed E-state index contributed by atoms with van der Waals surface area (Å²) < 4.78 is 11.3. The molecule has 18 heavy (non-hydrogen) atoms. The van der Waals surface area contributed by atoms with Crippen LogP contribution in [0.15, 0.2) is 8.83 Å². The van der Waals surface area contributed by atoms with Gasteiger partial charge in [-0.25, -0.2) is 9.97 Å². The second-order valence-electron chi connectivity index (χ2n) is 4.40. The van der Waals surface area contributed by atoms with Crippen LogP contribution in [0.2, 0.25) is 0 Å². The van der Waals surface area contributed by atoms with Gasteiger partial charge < -0.3 is 8.83 Å². The first kappa shape index (κ1) is 12.7. The second kappa shape index (κ2) is 4.84. The van der Waals surface area contributed by atoms with E-state index in [1.54, 1.807) is 0 Å². The van der Waals surface area contributed by atoms with Crippen molar-refractivity contribution < 1.29 is 8.83 Å². The molecule has 2 aromatic heterocycles. The molecule has 0 unspecified atom stereocenters. The largest absolute Gasteiger partial charge is 0.425 e. The van der Waals surface area contributed by atoms with Crippen LogP contribution in [0, 0.1) is 27.7 Å². The number of aryl methyl sites for hydroxylation is 4. The summed E-state index contributed by atoms with van der Waals surface area (Å²) in [6.45, 7) is 10.5. The molecule has 0 atom stereocenters. The minimum atomic E-state index is 0.664. The predicted octanol–water partition coefficient (Wildman–Crippen LogP) is 3.44. The van der Waals surface area contributed by atoms with Crippen LogP contribution >= 0.6 is 0 Å². The number of nitrogens with zero attached hydrogens (tertiary/aromatic N) is 3. The summed E-state index contributed by atoms with van der Waals surface area (Å²) in [6, 6.07) is 0. The maximum atomic E-state index is 5.67. The number of aromatic nitrogens is 2. The van der Waals surface area contributed by atoms with Crippen LogP contribution in [0.5, 0.6) is 0 Å². The Morgan fingerprint density at radius 1 is 0.889 bits per heavy atom. The first-order valence-electron chi connectivity index (χ1n) is 6.18. The van der Waals surface area contributed by atoms with E-state index in [9.17, 15) is 0 Å². The van der Waals surface area contributed by atoms with Gasteiger partial charge in [-0.2, -0.15) is 0 Å². The molecule has 0 aliphatic heterocycles. The average Bonchev–Trinajstić information content (AvgIpc) is 2.78. The Kier molecular flexibility index (Phi) is 3.41. The van der Waals surface area contributed by atoms with E-state index in [-0.39, 0.29) is 0 Å². The molecule has 0 saturated carbocycles. The molecule has 0 spiro atoms. The lowest BCUT2D eigenvalue weighted by Crippen LogP contribution is -2.18. The van der Waals surface area contributed by atoms with Crippen molar-refractivity contribution >= 4 is 11.8 Å². The SMILES string of the molecule is CCCN(c1oc(C)nc1C)c1oc(C)nc1C. The fourth-order valence-electron chi connectivity index (χ4n) is 2.06. The fraction of sp³-hybridized carbons (Fsp3) is 0.538. The molecule has 5 heteroatoms. The Morgan fingerprint density at radius 2 is 1.33 bits per heavy atom. The van der Waals surface area contributed by atoms with E-state index in [0.29, 0.717) is 11.8 Å². The van der Waals surface area contributed by atoms with E-state index in [1.165, 1.54) is 0 Å². The summed E-state index contributed by atoms with van der Waals surface area (Å²) in [6.07, 6.45) is 0.984. The Labute approximate surface area is 107 Å². The van der Waals surface area contributed by atoms with Crippen LogP contribution in [-0.2, 0) is 0 Å². The summed E-state index contributed by atoms with van der Waals surface area (Å²) in [5.41, 5.74) is 1.74. The second-order valence-corrected chi connectivity index (χ2v) is 4.40. The van der Waals surface area contributed by atoms with E-state index in [0.717, 1.165) is 36.1 Å². The van der Waals surface area contributed by atoms with Crippen molar-refractivity contribution in [3.05, 3.63) is 23.2 Å².